The summed E-state index contributed by atoms with van der Waals surface area (Å²) >= 11 is 0. The van der Waals surface area contributed by atoms with E-state index in [9.17, 15) is 9.59 Å². The minimum absolute atomic E-state index is 0. The summed E-state index contributed by atoms with van der Waals surface area (Å²) in [5.74, 6) is -0.156. The van der Waals surface area contributed by atoms with Crippen LogP contribution in [0.4, 0.5) is 0 Å². The minimum Gasteiger partial charge on any atom is -0.383 e. The Morgan fingerprint density at radius 2 is 2.00 bits per heavy atom. The van der Waals surface area contributed by atoms with E-state index >= 15 is 0 Å². The quantitative estimate of drug-likeness (QED) is 0.572. The van der Waals surface area contributed by atoms with E-state index in [4.69, 9.17) is 4.74 Å². The predicted molar refractivity (Wildman–Crippen MR) is 88.5 cm³/mol. The van der Waals surface area contributed by atoms with E-state index in [-0.39, 0.29) is 30.8 Å². The zero-order chi connectivity index (χ0) is 15.5. The fourth-order valence-electron chi connectivity index (χ4n) is 1.80. The van der Waals surface area contributed by atoms with Crippen molar-refractivity contribution in [2.45, 2.75) is 6.42 Å². The van der Waals surface area contributed by atoms with Crippen LogP contribution in [0.15, 0.2) is 24.3 Å². The lowest BCUT2D eigenvalue weighted by Crippen LogP contribution is -2.36. The molecule has 0 fully saturated rings. The summed E-state index contributed by atoms with van der Waals surface area (Å²) in [6.07, 6.45) is 0.689. The second kappa shape index (κ2) is 12.0. The van der Waals surface area contributed by atoms with Gasteiger partial charge in [-0.3, -0.25) is 9.59 Å². The third kappa shape index (κ3) is 7.97. The molecule has 0 heterocycles. The van der Waals surface area contributed by atoms with E-state index in [2.05, 4.69) is 16.0 Å². The fourth-order valence-corrected chi connectivity index (χ4v) is 1.80. The van der Waals surface area contributed by atoms with Crippen LogP contribution in [-0.2, 0) is 16.0 Å². The molecule has 0 unspecified atom stereocenters. The third-order valence-electron chi connectivity index (χ3n) is 2.92. The first-order valence-corrected chi connectivity index (χ1v) is 6.94. The van der Waals surface area contributed by atoms with Gasteiger partial charge in [0.1, 0.15) is 0 Å². The van der Waals surface area contributed by atoms with E-state index in [0.717, 1.165) is 5.56 Å². The number of benzene rings is 1. The maximum absolute atomic E-state index is 11.5. The van der Waals surface area contributed by atoms with E-state index in [1.807, 2.05) is 18.2 Å². The van der Waals surface area contributed by atoms with Crippen molar-refractivity contribution >= 4 is 24.2 Å². The SMILES string of the molecule is CNC(=O)c1cccc(CCNC(=O)CNCCOC)c1.Cl. The second-order valence-corrected chi connectivity index (χ2v) is 4.55. The Balaban J connectivity index is 0.00000441. The van der Waals surface area contributed by atoms with E-state index in [1.54, 1.807) is 20.2 Å². The largest absolute Gasteiger partial charge is 0.383 e. The molecule has 2 amide bonds. The molecule has 0 spiro atoms. The van der Waals surface area contributed by atoms with E-state index in [0.29, 0.717) is 31.7 Å². The number of carbonyl (C=O) groups is 2. The van der Waals surface area contributed by atoms with Gasteiger partial charge >= 0.3 is 0 Å². The Bertz CT molecular complexity index is 469. The summed E-state index contributed by atoms with van der Waals surface area (Å²) in [7, 11) is 3.22. The summed E-state index contributed by atoms with van der Waals surface area (Å²) in [5.41, 5.74) is 1.64. The summed E-state index contributed by atoms with van der Waals surface area (Å²) < 4.78 is 4.88. The van der Waals surface area contributed by atoms with E-state index in [1.165, 1.54) is 0 Å². The smallest absolute Gasteiger partial charge is 0.251 e. The van der Waals surface area contributed by atoms with Crippen LogP contribution in [0.25, 0.3) is 0 Å². The van der Waals surface area contributed by atoms with Gasteiger partial charge in [-0.05, 0) is 24.1 Å². The van der Waals surface area contributed by atoms with Gasteiger partial charge in [-0.2, -0.15) is 0 Å². The predicted octanol–water partition coefficient (Wildman–Crippen LogP) is 0.363. The maximum Gasteiger partial charge on any atom is 0.251 e. The molecule has 124 valence electrons. The third-order valence-corrected chi connectivity index (χ3v) is 2.92. The minimum atomic E-state index is -0.108. The maximum atomic E-state index is 11.5. The molecule has 0 atom stereocenters. The van der Waals surface area contributed by atoms with Crippen molar-refractivity contribution in [3.8, 4) is 0 Å². The molecule has 6 nitrogen and oxygen atoms in total. The van der Waals surface area contributed by atoms with Crippen molar-refractivity contribution in [3.05, 3.63) is 35.4 Å². The molecule has 0 saturated heterocycles. The Labute approximate surface area is 137 Å². The van der Waals surface area contributed by atoms with Gasteiger partial charge in [-0.15, -0.1) is 12.4 Å². The van der Waals surface area contributed by atoms with Gasteiger partial charge in [-0.1, -0.05) is 12.1 Å². The monoisotopic (exact) mass is 329 g/mol. The van der Waals surface area contributed by atoms with Gasteiger partial charge in [0, 0.05) is 32.8 Å². The average molecular weight is 330 g/mol. The Morgan fingerprint density at radius 1 is 1.23 bits per heavy atom. The van der Waals surface area contributed by atoms with Gasteiger partial charge < -0.3 is 20.7 Å². The molecule has 1 rings (SSSR count). The highest BCUT2D eigenvalue weighted by Gasteiger charge is 2.04. The molecule has 22 heavy (non-hydrogen) atoms. The average Bonchev–Trinajstić information content (AvgIpc) is 2.51. The number of methoxy groups -OCH3 is 1. The van der Waals surface area contributed by atoms with Crippen LogP contribution < -0.4 is 16.0 Å². The molecule has 0 saturated carbocycles. The van der Waals surface area contributed by atoms with Gasteiger partial charge in [0.15, 0.2) is 0 Å². The highest BCUT2D eigenvalue weighted by molar-refractivity contribution is 5.94. The van der Waals surface area contributed by atoms with Crippen LogP contribution in [0.5, 0.6) is 0 Å². The number of hydrogen-bond donors (Lipinski definition) is 3. The van der Waals surface area contributed by atoms with Crippen molar-refractivity contribution in [2.24, 2.45) is 0 Å². The lowest BCUT2D eigenvalue weighted by atomic mass is 10.1. The highest BCUT2D eigenvalue weighted by Crippen LogP contribution is 2.05. The molecular formula is C15H24ClN3O3. The Hall–Kier alpha value is -1.63. The second-order valence-electron chi connectivity index (χ2n) is 4.55. The number of hydrogen-bond acceptors (Lipinski definition) is 4. The lowest BCUT2D eigenvalue weighted by Gasteiger charge is -2.07. The Morgan fingerprint density at radius 3 is 2.68 bits per heavy atom. The molecule has 0 aromatic heterocycles. The number of halogens is 1. The number of amides is 2. The molecular weight excluding hydrogens is 306 g/mol. The van der Waals surface area contributed by atoms with Crippen LogP contribution >= 0.6 is 12.4 Å². The molecule has 0 aliphatic heterocycles. The topological polar surface area (TPSA) is 79.5 Å². The summed E-state index contributed by atoms with van der Waals surface area (Å²) in [4.78, 5) is 23.1. The molecule has 3 N–H and O–H groups in total. The van der Waals surface area contributed by atoms with Crippen molar-refractivity contribution in [3.63, 3.8) is 0 Å². The summed E-state index contributed by atoms with van der Waals surface area (Å²) in [5, 5.41) is 8.39. The zero-order valence-corrected chi connectivity index (χ0v) is 13.8. The van der Waals surface area contributed by atoms with Crippen LogP contribution in [0.3, 0.4) is 0 Å². The van der Waals surface area contributed by atoms with Crippen molar-refractivity contribution < 1.29 is 14.3 Å². The molecule has 0 aliphatic rings. The van der Waals surface area contributed by atoms with E-state index < -0.39 is 0 Å². The molecule has 0 radical (unpaired) electrons. The molecule has 1 aromatic carbocycles. The van der Waals surface area contributed by atoms with Crippen LogP contribution in [-0.4, -0.2) is 52.2 Å². The normalized spacial score (nSPS) is 9.73. The molecule has 7 heteroatoms. The first-order valence-electron chi connectivity index (χ1n) is 6.94. The van der Waals surface area contributed by atoms with Gasteiger partial charge in [-0.25, -0.2) is 0 Å². The number of carbonyl (C=O) groups excluding carboxylic acids is 2. The standard InChI is InChI=1S/C15H23N3O3.ClH/c1-16-15(20)13-5-3-4-12(10-13)6-7-18-14(19)11-17-8-9-21-2;/h3-5,10,17H,6-9,11H2,1-2H3,(H,16,20)(H,18,19);1H. The highest BCUT2D eigenvalue weighted by atomic mass is 35.5. The Kier molecular flexibility index (Phi) is 11.1. The van der Waals surface area contributed by atoms with Crippen LogP contribution in [0.1, 0.15) is 15.9 Å². The summed E-state index contributed by atoms with van der Waals surface area (Å²) in [6.45, 7) is 2.06. The molecule has 1 aromatic rings. The fraction of sp³-hybridized carbons (Fsp3) is 0.467. The zero-order valence-electron chi connectivity index (χ0n) is 13.0. The van der Waals surface area contributed by atoms with Crippen LogP contribution in [0, 0.1) is 0 Å². The van der Waals surface area contributed by atoms with Gasteiger partial charge in [0.25, 0.3) is 5.91 Å². The number of nitrogens with one attached hydrogen (secondary N) is 3. The first kappa shape index (κ1) is 20.4. The van der Waals surface area contributed by atoms with Crippen molar-refractivity contribution in [1.82, 2.24) is 16.0 Å². The summed E-state index contributed by atoms with van der Waals surface area (Å²) in [6, 6.07) is 7.38. The van der Waals surface area contributed by atoms with Gasteiger partial charge in [0.05, 0.1) is 13.2 Å². The molecule has 0 aliphatic carbocycles. The van der Waals surface area contributed by atoms with Gasteiger partial charge in [0.2, 0.25) is 5.91 Å². The first-order chi connectivity index (χ1) is 10.2. The lowest BCUT2D eigenvalue weighted by molar-refractivity contribution is -0.120. The van der Waals surface area contributed by atoms with Crippen LogP contribution in [0.2, 0.25) is 0 Å². The number of rotatable bonds is 9. The van der Waals surface area contributed by atoms with Crippen molar-refractivity contribution in [1.29, 1.82) is 0 Å². The number of ether oxygens (including phenoxy) is 1. The van der Waals surface area contributed by atoms with Crippen molar-refractivity contribution in [2.75, 3.05) is 40.4 Å². The molecule has 0 bridgehead atoms.